The fourth-order valence-electron chi connectivity index (χ4n) is 18.8. The topological polar surface area (TPSA) is 398 Å². The predicted octanol–water partition coefficient (Wildman–Crippen LogP) is 6.30. The molecule has 554 valence electrons. The second-order valence-electron chi connectivity index (χ2n) is 31.1. The third-order valence-corrected chi connectivity index (χ3v) is 24.5. The average Bonchev–Trinajstić information content (AvgIpc) is 1.66. The van der Waals surface area contributed by atoms with E-state index in [1.54, 1.807) is 97.1 Å². The number of imide groups is 6. The summed E-state index contributed by atoms with van der Waals surface area (Å²) in [5, 5.41) is 14.1. The number of nitrogens with one attached hydrogen (secondary N) is 6. The maximum Gasteiger partial charge on any atom is 0.338 e. The van der Waals surface area contributed by atoms with Gasteiger partial charge in [0.25, 0.3) is 0 Å². The lowest BCUT2D eigenvalue weighted by Crippen LogP contribution is -2.26. The molecule has 12 atom stereocenters. The first-order valence-corrected chi connectivity index (χ1v) is 37.0. The molecule has 12 amide bonds. The molecule has 12 fully saturated rings. The highest BCUT2D eigenvalue weighted by Gasteiger charge is 2.54. The van der Waals surface area contributed by atoms with E-state index in [9.17, 15) is 86.3 Å². The van der Waals surface area contributed by atoms with Crippen molar-refractivity contribution in [2.75, 3.05) is 0 Å². The lowest BCUT2D eigenvalue weighted by molar-refractivity contribution is -0.128. The minimum absolute atomic E-state index is 0.00515. The van der Waals surface area contributed by atoms with Crippen LogP contribution in [0, 0.1) is 94.7 Å². The molecule has 12 aliphatic rings. The molecule has 6 saturated carbocycles. The number of fused-ring (bicyclic) bond motifs is 6. The Hall–Kier alpha value is -11.4. The highest BCUT2D eigenvalue weighted by Crippen LogP contribution is 2.47. The molecule has 6 saturated heterocycles. The van der Waals surface area contributed by atoms with Crippen molar-refractivity contribution < 1.29 is 95.8 Å². The number of ketones is 4. The van der Waals surface area contributed by atoms with Crippen LogP contribution in [0.15, 0.2) is 121 Å². The number of carbonyl (C=O) groups excluding carboxylic acids is 18. The molecule has 0 bridgehead atoms. The quantitative estimate of drug-likeness (QED) is 0.0318. The first-order chi connectivity index (χ1) is 51.8. The van der Waals surface area contributed by atoms with E-state index in [2.05, 4.69) is 31.9 Å². The lowest BCUT2D eigenvalue weighted by Gasteiger charge is -2.14. The monoisotopic (exact) mass is 1460 g/mol. The molecule has 6 aliphatic carbocycles. The van der Waals surface area contributed by atoms with Crippen molar-refractivity contribution in [2.45, 2.75) is 115 Å². The zero-order valence-corrected chi connectivity index (χ0v) is 58.4. The zero-order chi connectivity index (χ0) is 75.7. The Kier molecular flexibility index (Phi) is 19.6. The van der Waals surface area contributed by atoms with E-state index in [1.165, 1.54) is 0 Å². The van der Waals surface area contributed by atoms with Crippen molar-refractivity contribution in [1.82, 2.24) is 31.9 Å². The molecule has 17 rings (SSSR count). The van der Waals surface area contributed by atoms with Crippen LogP contribution >= 0.6 is 0 Å². The molecule has 12 unspecified atom stereocenters. The summed E-state index contributed by atoms with van der Waals surface area (Å²) in [6.45, 7) is 0. The van der Waals surface area contributed by atoms with E-state index in [0.717, 1.165) is 22.3 Å². The zero-order valence-electron chi connectivity index (χ0n) is 58.4. The standard InChI is InChI=1S/C30H28N2O6.C28H24N2O8.C24H24N2O6/c33-25(13-15-9-21-22(10-15)28(36)31-27(21)35)19-5-1-17(2-6-19)18-3-7-20(8-4-18)26(34)14-16-11-23-24(12-16)30(38)32-29(23)37;31-23-19-9-17(10-20(19)24(32)29-23)37-27(35)15-5-1-13(2-6-15)14-3-7-16(8-4-14)28(36)38-18-11-21-22(12-18)26(34)30-25(21)33;27-19(9-11-5-15-16(6-11)22(30)25-21(15)29)13-1-2-14(4-3-13)20(28)10-12-7-17-18(8-12)24(32)26-23(17)31/h1-8,15-16,21-24H,9-14H2,(H,31,35,36)(H,32,37,38);1-8,17-22H,9-12H2,(H,29,31,32)(H,30,33,34);1-4,11-12,15-18H,5-10H2,(H,25,29,30)(H,26,31,32). The molecule has 6 N–H and O–H groups in total. The number of hydrogen-bond acceptors (Lipinski definition) is 20. The van der Waals surface area contributed by atoms with E-state index in [-0.39, 0.29) is 178 Å². The normalized spacial score (nSPS) is 30.6. The van der Waals surface area contributed by atoms with Gasteiger partial charge in [-0.25, -0.2) is 9.59 Å². The van der Waals surface area contributed by atoms with Crippen molar-refractivity contribution in [2.24, 2.45) is 94.7 Å². The van der Waals surface area contributed by atoms with Crippen LogP contribution in [0.1, 0.15) is 165 Å². The number of rotatable bonds is 18. The van der Waals surface area contributed by atoms with Crippen LogP contribution < -0.4 is 31.9 Å². The van der Waals surface area contributed by atoms with E-state index < -0.39 is 47.8 Å². The summed E-state index contributed by atoms with van der Waals surface area (Å²) in [5.74, 6) is -8.07. The van der Waals surface area contributed by atoms with Crippen molar-refractivity contribution in [3.05, 3.63) is 155 Å². The van der Waals surface area contributed by atoms with Crippen LogP contribution in [0.3, 0.4) is 0 Å². The van der Waals surface area contributed by atoms with Gasteiger partial charge in [0.05, 0.1) is 82.1 Å². The van der Waals surface area contributed by atoms with Crippen LogP contribution in [0.2, 0.25) is 0 Å². The van der Waals surface area contributed by atoms with Gasteiger partial charge in [0.2, 0.25) is 70.9 Å². The number of ether oxygens (including phenoxy) is 2. The Morgan fingerprint density at radius 3 is 0.546 bits per heavy atom. The molecule has 108 heavy (non-hydrogen) atoms. The number of hydrogen-bond donors (Lipinski definition) is 6. The van der Waals surface area contributed by atoms with Gasteiger partial charge in [-0.2, -0.15) is 0 Å². The Morgan fingerprint density at radius 1 is 0.222 bits per heavy atom. The highest BCUT2D eigenvalue weighted by molar-refractivity contribution is 6.10. The third kappa shape index (κ3) is 14.5. The molecule has 6 aliphatic heterocycles. The van der Waals surface area contributed by atoms with Gasteiger partial charge in [0.15, 0.2) is 23.1 Å². The van der Waals surface area contributed by atoms with E-state index in [4.69, 9.17) is 9.47 Å². The van der Waals surface area contributed by atoms with Gasteiger partial charge in [0, 0.05) is 47.9 Å². The van der Waals surface area contributed by atoms with Gasteiger partial charge < -0.3 is 9.47 Å². The van der Waals surface area contributed by atoms with Crippen LogP contribution in [0.5, 0.6) is 0 Å². The largest absolute Gasteiger partial charge is 0.459 e. The Labute approximate surface area is 617 Å². The van der Waals surface area contributed by atoms with Crippen molar-refractivity contribution in [3.63, 3.8) is 0 Å². The van der Waals surface area contributed by atoms with Crippen LogP contribution in [0.4, 0.5) is 0 Å². The van der Waals surface area contributed by atoms with Gasteiger partial charge in [-0.3, -0.25) is 109 Å². The van der Waals surface area contributed by atoms with Crippen molar-refractivity contribution in [3.8, 4) is 22.3 Å². The van der Waals surface area contributed by atoms with E-state index in [1.807, 2.05) is 24.3 Å². The van der Waals surface area contributed by atoms with Gasteiger partial charge in [-0.15, -0.1) is 0 Å². The maximum atomic E-state index is 12.8. The van der Waals surface area contributed by atoms with Crippen molar-refractivity contribution >= 4 is 106 Å². The second kappa shape index (κ2) is 29.4. The average molecular weight is 1470 g/mol. The lowest BCUT2D eigenvalue weighted by atomic mass is 9.93. The Bertz CT molecular complexity index is 4070. The minimum atomic E-state index is -0.511. The SMILES string of the molecule is O=C(CC1CC2C(=O)NC(=O)C2C1)c1ccc(-c2ccc(C(=O)CC3CC4C(=O)NC(=O)C4C3)cc2)cc1.O=C(CC1CC2C(=O)NC(=O)C2C1)c1ccc(C(=O)CC2CC3C(=O)NC(=O)C3C2)cc1.O=C(OC1CC2C(=O)NC(=O)C2C1)c1ccc(-c2ccc(C(=O)OC3CC4C(=O)NC(=O)C4C3)cc2)cc1. The van der Waals surface area contributed by atoms with Crippen LogP contribution in [-0.4, -0.2) is 118 Å². The molecule has 26 nitrogen and oxygen atoms in total. The maximum absolute atomic E-state index is 12.8. The highest BCUT2D eigenvalue weighted by atomic mass is 16.5. The Morgan fingerprint density at radius 2 is 0.370 bits per heavy atom. The molecule has 5 aromatic rings. The number of esters is 2. The molecular weight excluding hydrogens is 1390 g/mol. The predicted molar refractivity (Wildman–Crippen MR) is 375 cm³/mol. The van der Waals surface area contributed by atoms with E-state index in [0.29, 0.717) is 123 Å². The molecule has 0 radical (unpaired) electrons. The number of benzene rings is 5. The summed E-state index contributed by atoms with van der Waals surface area (Å²) < 4.78 is 11.1. The fraction of sp³-hybridized carbons (Fsp3) is 0.415. The van der Waals surface area contributed by atoms with E-state index >= 15 is 0 Å². The molecule has 0 spiro atoms. The Balaban J connectivity index is 0.000000130. The number of Topliss-reactive ketones (excluding diaryl/α,β-unsaturated/α-hetero) is 4. The smallest absolute Gasteiger partial charge is 0.338 e. The number of amides is 12. The minimum Gasteiger partial charge on any atom is -0.459 e. The first-order valence-electron chi connectivity index (χ1n) is 37.0. The van der Waals surface area contributed by atoms with Gasteiger partial charge in [-0.05, 0) is 147 Å². The first kappa shape index (κ1) is 72.1. The summed E-state index contributed by atoms with van der Waals surface area (Å²) in [7, 11) is 0. The van der Waals surface area contributed by atoms with Crippen LogP contribution in [-0.2, 0) is 67.0 Å². The molecule has 5 aromatic carbocycles. The molecular formula is C82H76N6O20. The summed E-state index contributed by atoms with van der Waals surface area (Å²) in [4.78, 5) is 218. The summed E-state index contributed by atoms with van der Waals surface area (Å²) in [5.41, 5.74) is 6.42. The second-order valence-corrected chi connectivity index (χ2v) is 31.1. The summed E-state index contributed by atoms with van der Waals surface area (Å²) >= 11 is 0. The third-order valence-electron chi connectivity index (χ3n) is 24.5. The van der Waals surface area contributed by atoms with Gasteiger partial charge >= 0.3 is 11.9 Å². The molecule has 6 heterocycles. The van der Waals surface area contributed by atoms with Gasteiger partial charge in [-0.1, -0.05) is 97.1 Å². The summed E-state index contributed by atoms with van der Waals surface area (Å²) in [6.07, 6.45) is 6.14. The van der Waals surface area contributed by atoms with Crippen molar-refractivity contribution in [1.29, 1.82) is 0 Å². The van der Waals surface area contributed by atoms with Crippen LogP contribution in [0.25, 0.3) is 22.3 Å². The molecule has 26 heteroatoms. The fourth-order valence-corrected chi connectivity index (χ4v) is 18.8. The molecule has 0 aromatic heterocycles. The number of carbonyl (C=O) groups is 18. The summed E-state index contributed by atoms with van der Waals surface area (Å²) in [6, 6.07) is 34.9. The van der Waals surface area contributed by atoms with Gasteiger partial charge in [0.1, 0.15) is 12.2 Å².